The van der Waals surface area contributed by atoms with Crippen LogP contribution in [0.1, 0.15) is 154 Å². The van der Waals surface area contributed by atoms with Gasteiger partial charge in [-0.25, -0.2) is 14.4 Å². The minimum atomic E-state index is -1.45. The van der Waals surface area contributed by atoms with E-state index in [1.165, 1.54) is 38.3 Å². The number of primary amides is 1. The van der Waals surface area contributed by atoms with Crippen LogP contribution in [0.5, 0.6) is 0 Å². The number of nitrogens with zero attached hydrogens (tertiary/aromatic N) is 4. The quantitative estimate of drug-likeness (QED) is 0.0194. The summed E-state index contributed by atoms with van der Waals surface area (Å²) >= 11 is 0. The first-order valence-corrected chi connectivity index (χ1v) is 42.5. The van der Waals surface area contributed by atoms with Crippen LogP contribution in [-0.2, 0) is 106 Å². The van der Waals surface area contributed by atoms with E-state index in [4.69, 9.17) is 34.2 Å². The van der Waals surface area contributed by atoms with Gasteiger partial charge in [0, 0.05) is 90.4 Å². The van der Waals surface area contributed by atoms with Crippen molar-refractivity contribution in [3.05, 3.63) is 131 Å². The number of fused-ring (bicyclic) bond motifs is 2. The van der Waals surface area contributed by atoms with Crippen LogP contribution in [0.15, 0.2) is 103 Å². The number of ether oxygens (including phenoxy) is 6. The lowest BCUT2D eigenvalue weighted by atomic mass is 9.89. The molecule has 2 heterocycles. The normalized spacial score (nSPS) is 15.5. The summed E-state index contributed by atoms with van der Waals surface area (Å²) in [5, 5.41) is 40.9. The lowest BCUT2D eigenvalue weighted by Gasteiger charge is -2.41. The van der Waals surface area contributed by atoms with Crippen LogP contribution in [0.25, 0.3) is 0 Å². The Kier molecular flexibility index (Phi) is 42.7. The first-order chi connectivity index (χ1) is 59.6. The van der Waals surface area contributed by atoms with E-state index in [1.54, 1.807) is 102 Å². The average Bonchev–Trinajstić information content (AvgIpc) is 1.25. The molecule has 0 aliphatic carbocycles. The lowest BCUT2D eigenvalue weighted by molar-refractivity contribution is -0.148. The molecule has 1 fully saturated rings. The predicted octanol–water partition coefficient (Wildman–Crippen LogP) is 5.41. The molecular formula is C90H127N13O22. The molecule has 0 spiro atoms. The van der Waals surface area contributed by atoms with E-state index in [0.29, 0.717) is 49.2 Å². The van der Waals surface area contributed by atoms with Crippen molar-refractivity contribution in [1.29, 1.82) is 0 Å². The largest absolute Gasteiger partial charge is 0.481 e. The molecule has 0 saturated carbocycles. The van der Waals surface area contributed by atoms with Crippen molar-refractivity contribution < 1.29 is 106 Å². The minimum Gasteiger partial charge on any atom is -0.481 e. The summed E-state index contributed by atoms with van der Waals surface area (Å²) in [6, 6.07) is 20.5. The number of methoxy groups -OCH3 is 2. The van der Waals surface area contributed by atoms with Crippen LogP contribution in [0, 0.1) is 41.4 Å². The molecule has 0 unspecified atom stereocenters. The number of hydrogen-bond donors (Lipinski definition) is 11. The van der Waals surface area contributed by atoms with Gasteiger partial charge >= 0.3 is 24.1 Å². The maximum atomic E-state index is 14.9. The van der Waals surface area contributed by atoms with E-state index in [-0.39, 0.29) is 127 Å². The van der Waals surface area contributed by atoms with Gasteiger partial charge in [0.2, 0.25) is 59.1 Å². The van der Waals surface area contributed by atoms with Crippen molar-refractivity contribution in [2.45, 2.75) is 207 Å². The molecule has 12 atom stereocenters. The molecule has 0 bridgehead atoms. The number of aliphatic carboxylic acids is 2. The number of carbonyl (C=O) groups excluding carboxylic acids is 12. The molecule has 13 amide bonds. The van der Waals surface area contributed by atoms with Crippen LogP contribution in [0.3, 0.4) is 0 Å². The molecule has 1 saturated heterocycles. The molecule has 4 aromatic carbocycles. The first kappa shape index (κ1) is 102. The number of anilines is 2. The Morgan fingerprint density at radius 3 is 1.82 bits per heavy atom. The highest BCUT2D eigenvalue weighted by Crippen LogP contribution is 2.32. The van der Waals surface area contributed by atoms with E-state index in [0.717, 1.165) is 21.6 Å². The van der Waals surface area contributed by atoms with E-state index in [1.807, 2.05) is 68.4 Å². The molecule has 0 radical (unpaired) electrons. The molecule has 6 rings (SSSR count). The number of carbonyl (C=O) groups is 14. The lowest BCUT2D eigenvalue weighted by Crippen LogP contribution is -2.60. The van der Waals surface area contributed by atoms with Crippen molar-refractivity contribution in [2.24, 2.45) is 35.3 Å². The highest BCUT2D eigenvalue weighted by molar-refractivity contribution is 6.00. The average molecular weight is 1740 g/mol. The van der Waals surface area contributed by atoms with Crippen molar-refractivity contribution >= 4 is 94.5 Å². The third kappa shape index (κ3) is 32.5. The molecule has 684 valence electrons. The molecule has 35 nitrogen and oxygen atoms in total. The number of amides is 13. The molecular weight excluding hydrogens is 1620 g/mol. The molecule has 12 N–H and O–H groups in total. The van der Waals surface area contributed by atoms with Crippen molar-refractivity contribution in [2.75, 3.05) is 97.8 Å². The summed E-state index contributed by atoms with van der Waals surface area (Å²) in [6.07, 6.45) is -1.82. The van der Waals surface area contributed by atoms with Crippen LogP contribution in [0.2, 0.25) is 0 Å². The second-order valence-corrected chi connectivity index (χ2v) is 32.3. The van der Waals surface area contributed by atoms with Gasteiger partial charge in [-0.15, -0.1) is 0 Å². The van der Waals surface area contributed by atoms with Gasteiger partial charge in [0.05, 0.1) is 81.9 Å². The highest BCUT2D eigenvalue weighted by atomic mass is 16.6. The number of nitrogens with one attached hydrogen (secondary N) is 8. The number of nitrogens with two attached hydrogens (primary N) is 1. The van der Waals surface area contributed by atoms with Gasteiger partial charge in [0.25, 0.3) is 0 Å². The van der Waals surface area contributed by atoms with Gasteiger partial charge in [-0.3, -0.25) is 57.6 Å². The minimum absolute atomic E-state index is 0.0175. The van der Waals surface area contributed by atoms with Crippen LogP contribution >= 0.6 is 0 Å². The number of urea groups is 1. The second-order valence-electron chi connectivity index (χ2n) is 32.3. The van der Waals surface area contributed by atoms with E-state index in [9.17, 15) is 77.3 Å². The second kappa shape index (κ2) is 52.3. The summed E-state index contributed by atoms with van der Waals surface area (Å²) in [4.78, 5) is 195. The molecule has 35 heteroatoms. The number of rotatable bonds is 52. The van der Waals surface area contributed by atoms with Gasteiger partial charge < -0.3 is 102 Å². The topological polar surface area (TPSA) is 470 Å². The molecule has 4 aromatic rings. The maximum absolute atomic E-state index is 14.9. The number of carboxylic acids is 2. The van der Waals surface area contributed by atoms with Gasteiger partial charge in [-0.05, 0) is 103 Å². The Bertz CT molecular complexity index is 4330. The zero-order chi connectivity index (χ0) is 92.0. The van der Waals surface area contributed by atoms with Crippen LogP contribution in [0.4, 0.5) is 21.0 Å². The fourth-order valence-corrected chi connectivity index (χ4v) is 15.0. The number of likely N-dealkylation sites (N-methyl/N-ethyl adjacent to an activating group) is 2. The van der Waals surface area contributed by atoms with Gasteiger partial charge in [-0.2, -0.15) is 0 Å². The van der Waals surface area contributed by atoms with Gasteiger partial charge in [0.15, 0.2) is 0 Å². The number of benzene rings is 4. The summed E-state index contributed by atoms with van der Waals surface area (Å²) < 4.78 is 34.3. The Morgan fingerprint density at radius 1 is 0.576 bits per heavy atom. The summed E-state index contributed by atoms with van der Waals surface area (Å²) in [7, 11) is 5.90. The fourth-order valence-electron chi connectivity index (χ4n) is 15.0. The third-order valence-electron chi connectivity index (χ3n) is 22.0. The first-order valence-electron chi connectivity index (χ1n) is 42.5. The Hall–Kier alpha value is -11.6. The summed E-state index contributed by atoms with van der Waals surface area (Å²) in [5.41, 5.74) is 9.84. The van der Waals surface area contributed by atoms with Crippen LogP contribution < -0.4 is 53.2 Å². The number of carboxylic acid groups (broad SMARTS) is 2. The highest BCUT2D eigenvalue weighted by Gasteiger charge is 2.45. The molecule has 2 aliphatic heterocycles. The smallest absolute Gasteiger partial charge is 0.410 e. The number of para-hydroxylation sites is 1. The van der Waals surface area contributed by atoms with Crippen molar-refractivity contribution in [1.82, 2.24) is 51.9 Å². The Balaban J connectivity index is 0.962. The maximum Gasteiger partial charge on any atom is 0.410 e. The standard InChI is InChI=1S/C90H127N13O22/c1-14-58(8)80(71(120-12)51-75(107)102-44-23-31-70(102)81(121-13)59(9)82(110)97-68(88(116)117)50-60-24-16-15-17-25-60)100(10)87(115)78(56(4)5)99-86(114)79(57(6)7)101(11)90(119)125-53-61-32-36-65(37-33-61)94-83(111)66(29-22-42-93-89(91)118)96-85(113)77(55(2)3)98-84(112)67(38-41-76(108)109)95-73(105)54-124-49-48-123-47-46-122-45-43-92-72(104)39-40-74(106)103-52-64-28-19-18-26-62(64)34-35-63-27-20-21-30-69(63)103/h15-21,24-28,30,32-33,36-37,55-59,66-68,70-71,77-81H,14,22-23,29,31,38-54H2,1-13H3,(H,92,104)(H,94,111)(H,95,105)(H,96,113)(H,97,110)(H,98,112)(H,99,114)(H,108,109)(H,116,117)(H3,91,93,118)/t58-,59+,66-,67-,68-,70-,71+,77-,78-,79-,80-,81+/m0/s1. The predicted molar refractivity (Wildman–Crippen MR) is 463 cm³/mol. The summed E-state index contributed by atoms with van der Waals surface area (Å²) in [6.45, 7) is 16.2. The van der Waals surface area contributed by atoms with Crippen LogP contribution in [-0.4, -0.2) is 256 Å². The third-order valence-corrected chi connectivity index (χ3v) is 22.0. The zero-order valence-electron chi connectivity index (χ0n) is 74.0. The van der Waals surface area contributed by atoms with E-state index >= 15 is 0 Å². The molecule has 2 aliphatic rings. The SMILES string of the molecule is CC[C@H](C)[C@@H]([C@@H](CC(=O)N1CCC[C@H]1[C@H](OC)[C@@H](C)C(=O)N[C@@H](Cc1ccccc1)C(=O)O)OC)N(C)C(=O)[C@@H](NC(=O)[C@H](C(C)C)N(C)C(=O)OCc1ccc(NC(=O)[C@H](CCCNC(N)=O)NC(=O)[C@@H](NC(=O)[C@H](CCC(=O)O)NC(=O)COCCOCCOCCNC(=O)CCC(=O)N2Cc3ccccc3C#Cc3ccccc32)C(C)C)cc1)C(C)C. The number of hydrogen-bond acceptors (Lipinski definition) is 20. The molecule has 125 heavy (non-hydrogen) atoms. The van der Waals surface area contributed by atoms with E-state index < -0.39 is 163 Å². The van der Waals surface area contributed by atoms with Gasteiger partial charge in [-0.1, -0.05) is 153 Å². The van der Waals surface area contributed by atoms with Crippen molar-refractivity contribution in [3.8, 4) is 11.8 Å². The Labute approximate surface area is 731 Å². The fraction of sp³-hybridized carbons (Fsp3) is 0.556. The van der Waals surface area contributed by atoms with E-state index in [2.05, 4.69) is 54.4 Å². The summed E-state index contributed by atoms with van der Waals surface area (Å²) in [5.74, 6) is -4.53. The Morgan fingerprint density at radius 2 is 1.19 bits per heavy atom. The van der Waals surface area contributed by atoms with Crippen molar-refractivity contribution in [3.63, 3.8) is 0 Å². The zero-order valence-corrected chi connectivity index (χ0v) is 74.0. The number of likely N-dealkylation sites (tertiary alicyclic amines) is 1. The molecule has 0 aromatic heterocycles. The van der Waals surface area contributed by atoms with Gasteiger partial charge in [0.1, 0.15) is 49.5 Å². The monoisotopic (exact) mass is 1740 g/mol.